The predicted molar refractivity (Wildman–Crippen MR) is 225 cm³/mol. The van der Waals surface area contributed by atoms with Gasteiger partial charge in [0.1, 0.15) is 30.8 Å². The number of hydrogen-bond acceptors (Lipinski definition) is 10. The highest BCUT2D eigenvalue weighted by molar-refractivity contribution is 6.03. The number of carbonyl (C=O) groups excluding carboxylic acids is 1. The second-order valence-corrected chi connectivity index (χ2v) is 15.8. The van der Waals surface area contributed by atoms with Crippen LogP contribution in [0.4, 0.5) is 4.79 Å². The summed E-state index contributed by atoms with van der Waals surface area (Å²) in [6.45, 7) is 12.7. The van der Waals surface area contributed by atoms with E-state index in [0.717, 1.165) is 84.3 Å². The molecule has 3 aromatic rings. The molecule has 2 heterocycles. The highest BCUT2D eigenvalue weighted by Gasteiger charge is 2.65. The van der Waals surface area contributed by atoms with Crippen molar-refractivity contribution >= 4 is 22.6 Å². The summed E-state index contributed by atoms with van der Waals surface area (Å²) >= 11 is 0. The van der Waals surface area contributed by atoms with E-state index >= 15 is 0 Å². The highest BCUT2D eigenvalue weighted by Crippen LogP contribution is 2.62. The third-order valence-electron chi connectivity index (χ3n) is 12.3. The number of oxime groups is 1. The molecule has 7 rings (SSSR count). The topological polar surface area (TPSA) is 122 Å². The maximum atomic E-state index is 14.5. The fourth-order valence-electron chi connectivity index (χ4n) is 9.59. The molecule has 0 radical (unpaired) electrons. The normalized spacial score (nSPS) is 25.3. The lowest BCUT2D eigenvalue weighted by atomic mass is 9.55. The fraction of sp³-hybridized carbons (Fsp3) is 0.532. The molecule has 6 unspecified atom stereocenters. The van der Waals surface area contributed by atoms with Crippen LogP contribution in [-0.4, -0.2) is 103 Å². The Morgan fingerprint density at radius 2 is 1.81 bits per heavy atom. The molecule has 58 heavy (non-hydrogen) atoms. The number of carbonyl (C=O) groups is 1. The van der Waals surface area contributed by atoms with E-state index in [-0.39, 0.29) is 50.7 Å². The van der Waals surface area contributed by atoms with Gasteiger partial charge in [-0.1, -0.05) is 72.6 Å². The molecule has 312 valence electrons. The van der Waals surface area contributed by atoms with Gasteiger partial charge in [-0.05, 0) is 91.5 Å². The summed E-state index contributed by atoms with van der Waals surface area (Å²) in [5, 5.41) is 26.8. The first-order valence-electron chi connectivity index (χ1n) is 21.4. The van der Waals surface area contributed by atoms with Crippen LogP contribution in [0, 0.1) is 17.8 Å². The first kappa shape index (κ1) is 41.7. The van der Waals surface area contributed by atoms with E-state index in [9.17, 15) is 15.0 Å². The van der Waals surface area contributed by atoms with Crippen LogP contribution < -0.4 is 9.47 Å². The maximum Gasteiger partial charge on any atom is 0.410 e. The Balaban J connectivity index is 1.43. The van der Waals surface area contributed by atoms with Gasteiger partial charge in [0.2, 0.25) is 5.79 Å². The lowest BCUT2D eigenvalue weighted by molar-refractivity contribution is -0.256. The van der Waals surface area contributed by atoms with E-state index in [2.05, 4.69) is 47.9 Å². The van der Waals surface area contributed by atoms with Crippen LogP contribution in [-0.2, 0) is 20.9 Å². The molecular weight excluding hydrogens is 735 g/mol. The molecule has 2 aliphatic heterocycles. The van der Waals surface area contributed by atoms with Crippen molar-refractivity contribution in [1.82, 2.24) is 9.80 Å². The van der Waals surface area contributed by atoms with Gasteiger partial charge in [0.05, 0.1) is 31.4 Å². The van der Waals surface area contributed by atoms with Crippen molar-refractivity contribution in [1.29, 1.82) is 0 Å². The lowest BCUT2D eigenvalue weighted by Gasteiger charge is -2.59. The lowest BCUT2D eigenvalue weighted by Crippen LogP contribution is -2.70. The molecule has 0 aromatic heterocycles. The monoisotopic (exact) mass is 795 g/mol. The quantitative estimate of drug-likeness (QED) is 0.0481. The highest BCUT2D eigenvalue weighted by atomic mass is 16.7. The van der Waals surface area contributed by atoms with Crippen LogP contribution in [0.5, 0.6) is 11.5 Å². The van der Waals surface area contributed by atoms with Gasteiger partial charge in [-0.25, -0.2) is 4.79 Å². The van der Waals surface area contributed by atoms with Crippen molar-refractivity contribution in [2.45, 2.75) is 83.1 Å². The number of aliphatic hydroxyl groups excluding tert-OH is 2. The van der Waals surface area contributed by atoms with Gasteiger partial charge < -0.3 is 34.0 Å². The Kier molecular flexibility index (Phi) is 14.1. The fourth-order valence-corrected chi connectivity index (χ4v) is 9.59. The molecule has 3 aromatic carbocycles. The number of allylic oxidation sites excluding steroid dienone is 1. The van der Waals surface area contributed by atoms with Crippen molar-refractivity contribution < 1.29 is 38.8 Å². The summed E-state index contributed by atoms with van der Waals surface area (Å²) in [6.07, 6.45) is 8.75. The summed E-state index contributed by atoms with van der Waals surface area (Å²) < 4.78 is 26.8. The first-order chi connectivity index (χ1) is 28.5. The third-order valence-corrected chi connectivity index (χ3v) is 12.3. The minimum atomic E-state index is -1.38. The second kappa shape index (κ2) is 19.6. The minimum Gasteiger partial charge on any atom is -0.492 e. The van der Waals surface area contributed by atoms with Crippen molar-refractivity contribution in [2.24, 2.45) is 22.9 Å². The Morgan fingerprint density at radius 3 is 2.57 bits per heavy atom. The van der Waals surface area contributed by atoms with Gasteiger partial charge in [-0.2, -0.15) is 0 Å². The molecule has 2 fully saturated rings. The van der Waals surface area contributed by atoms with E-state index in [1.807, 2.05) is 44.2 Å². The Bertz CT molecular complexity index is 1920. The van der Waals surface area contributed by atoms with Gasteiger partial charge >= 0.3 is 6.09 Å². The summed E-state index contributed by atoms with van der Waals surface area (Å²) in [6, 6.07) is 19.8. The molecular formula is C47H61N3O8. The summed E-state index contributed by atoms with van der Waals surface area (Å²) in [5.74, 6) is -0.213. The summed E-state index contributed by atoms with van der Waals surface area (Å²) in [5.41, 5.74) is 3.76. The smallest absolute Gasteiger partial charge is 0.410 e. The van der Waals surface area contributed by atoms with Crippen LogP contribution in [0.3, 0.4) is 0 Å². The van der Waals surface area contributed by atoms with E-state index in [0.29, 0.717) is 38.2 Å². The van der Waals surface area contributed by atoms with Gasteiger partial charge in [-0.3, -0.25) is 9.80 Å². The molecule has 2 aliphatic carbocycles. The molecule has 1 amide bonds. The standard InChI is InChI=1S/C47H61N3O8/c1-4-27-56-47-43(50(46(53)54-5-2)32-35-17-13-16-33-14-7-8-18-37(33)35)31-41(48-57-6-3)39-29-34(15-9-11-25-51)38(19-10-12-26-52)44(45(39)47)40-30-36(20-21-42(40)58-47)55-28-24-49-22-23-49/h4,7-8,13-14,16-18,20-21,29-30,34,38,43-45,51-52H,1,5-6,9-12,15,19,22-28,31-32H2,2-3H3. The average Bonchev–Trinajstić information content (AvgIpc) is 4.07. The number of fused-ring (bicyclic) bond motifs is 3. The average molecular weight is 796 g/mol. The first-order valence-corrected chi connectivity index (χ1v) is 21.4. The van der Waals surface area contributed by atoms with E-state index in [1.165, 1.54) is 0 Å². The summed E-state index contributed by atoms with van der Waals surface area (Å²) in [4.78, 5) is 24.6. The van der Waals surface area contributed by atoms with Crippen LogP contribution in [0.15, 0.2) is 90.1 Å². The van der Waals surface area contributed by atoms with Crippen LogP contribution in [0.2, 0.25) is 0 Å². The predicted octanol–water partition coefficient (Wildman–Crippen LogP) is 7.85. The minimum absolute atomic E-state index is 0.113. The van der Waals surface area contributed by atoms with Crippen molar-refractivity contribution in [3.8, 4) is 11.5 Å². The zero-order chi connectivity index (χ0) is 40.5. The Morgan fingerprint density at radius 1 is 1.02 bits per heavy atom. The molecule has 4 aliphatic rings. The van der Waals surface area contributed by atoms with Crippen molar-refractivity contribution in [3.05, 3.63) is 96.1 Å². The van der Waals surface area contributed by atoms with E-state index in [4.69, 9.17) is 28.9 Å². The molecule has 6 atom stereocenters. The number of nitrogens with zero attached hydrogens (tertiary/aromatic N) is 3. The maximum absolute atomic E-state index is 14.5. The molecule has 11 heteroatoms. The third kappa shape index (κ3) is 8.93. The van der Waals surface area contributed by atoms with E-state index < -0.39 is 23.8 Å². The zero-order valence-electron chi connectivity index (χ0n) is 34.2. The van der Waals surface area contributed by atoms with Crippen LogP contribution >= 0.6 is 0 Å². The van der Waals surface area contributed by atoms with Gasteiger partial charge in [-0.15, -0.1) is 6.58 Å². The number of hydrogen-bond donors (Lipinski definition) is 2. The number of benzene rings is 3. The van der Waals surface area contributed by atoms with Crippen LogP contribution in [0.25, 0.3) is 10.8 Å². The van der Waals surface area contributed by atoms with Gasteiger partial charge in [0.25, 0.3) is 0 Å². The number of unbranched alkanes of at least 4 members (excludes halogenated alkanes) is 2. The Labute approximate surface area is 343 Å². The second-order valence-electron chi connectivity index (χ2n) is 15.8. The Hall–Kier alpha value is -4.42. The molecule has 1 saturated carbocycles. The number of ether oxygens (including phenoxy) is 4. The molecule has 11 nitrogen and oxygen atoms in total. The van der Waals surface area contributed by atoms with Crippen molar-refractivity contribution in [3.63, 3.8) is 0 Å². The van der Waals surface area contributed by atoms with Gasteiger partial charge in [0.15, 0.2) is 0 Å². The number of rotatable bonds is 21. The molecule has 0 spiro atoms. The number of aliphatic hydroxyl groups is 2. The largest absolute Gasteiger partial charge is 0.492 e. The zero-order valence-corrected chi connectivity index (χ0v) is 34.2. The summed E-state index contributed by atoms with van der Waals surface area (Å²) in [7, 11) is 0. The molecule has 0 bridgehead atoms. The van der Waals surface area contributed by atoms with Crippen LogP contribution in [0.1, 0.15) is 75.8 Å². The molecule has 2 N–H and O–H groups in total. The number of amides is 1. The van der Waals surface area contributed by atoms with Crippen molar-refractivity contribution in [2.75, 3.05) is 59.3 Å². The SMILES string of the molecule is C=CCOC12Oc3ccc(OCCN4CC4)cc3C3C(CCCCO)C(CCCCO)C=C(C(=NOCC)CC1N(Cc1cccc4ccccc14)C(=O)OCC)C32. The van der Waals surface area contributed by atoms with E-state index in [1.54, 1.807) is 11.0 Å². The van der Waals surface area contributed by atoms with Gasteiger partial charge in [0, 0.05) is 50.8 Å². The molecule has 1 saturated heterocycles.